The van der Waals surface area contributed by atoms with E-state index in [1.807, 2.05) is 42.5 Å². The van der Waals surface area contributed by atoms with Gasteiger partial charge < -0.3 is 0 Å². The van der Waals surface area contributed by atoms with Crippen molar-refractivity contribution in [2.45, 2.75) is 31.6 Å². The van der Waals surface area contributed by atoms with Gasteiger partial charge in [0.05, 0.1) is 11.8 Å². The van der Waals surface area contributed by atoms with E-state index >= 15 is 0 Å². The lowest BCUT2D eigenvalue weighted by atomic mass is 10.0. The van der Waals surface area contributed by atoms with Crippen LogP contribution in [-0.2, 0) is 15.8 Å². The zero-order valence-electron chi connectivity index (χ0n) is 12.8. The van der Waals surface area contributed by atoms with Gasteiger partial charge in [0.15, 0.2) is 0 Å². The molecule has 0 unspecified atom stereocenters. The monoisotopic (exact) mass is 315 g/mol. The SMILES string of the molecule is Cc1ccccc1[C@H]1CCCN1S(=O)(=O)Cc1ccccc1. The van der Waals surface area contributed by atoms with E-state index in [0.29, 0.717) is 6.54 Å². The summed E-state index contributed by atoms with van der Waals surface area (Å²) in [6, 6.07) is 17.5. The maximum atomic E-state index is 12.8. The summed E-state index contributed by atoms with van der Waals surface area (Å²) in [6.07, 6.45) is 1.83. The molecule has 3 nitrogen and oxygen atoms in total. The molecule has 1 saturated heterocycles. The van der Waals surface area contributed by atoms with Crippen LogP contribution in [0.4, 0.5) is 0 Å². The van der Waals surface area contributed by atoms with E-state index in [9.17, 15) is 8.42 Å². The first-order valence-corrected chi connectivity index (χ1v) is 9.28. The molecule has 22 heavy (non-hydrogen) atoms. The molecule has 2 aromatic rings. The minimum absolute atomic E-state index is 0.0186. The normalized spacial score (nSPS) is 19.4. The zero-order chi connectivity index (χ0) is 15.6. The van der Waals surface area contributed by atoms with Gasteiger partial charge in [-0.3, -0.25) is 0 Å². The van der Waals surface area contributed by atoms with Crippen molar-refractivity contribution in [2.24, 2.45) is 0 Å². The fraction of sp³-hybridized carbons (Fsp3) is 0.333. The van der Waals surface area contributed by atoms with Gasteiger partial charge in [0, 0.05) is 6.54 Å². The molecule has 0 bridgehead atoms. The van der Waals surface area contributed by atoms with Gasteiger partial charge in [-0.05, 0) is 36.5 Å². The van der Waals surface area contributed by atoms with Crippen molar-refractivity contribution in [1.82, 2.24) is 4.31 Å². The van der Waals surface area contributed by atoms with Crippen molar-refractivity contribution in [3.63, 3.8) is 0 Å². The number of sulfonamides is 1. The third-order valence-corrected chi connectivity index (χ3v) is 6.15. The molecule has 116 valence electrons. The van der Waals surface area contributed by atoms with E-state index < -0.39 is 10.0 Å². The summed E-state index contributed by atoms with van der Waals surface area (Å²) in [5.41, 5.74) is 3.14. The summed E-state index contributed by atoms with van der Waals surface area (Å²) < 4.78 is 27.3. The molecule has 0 radical (unpaired) electrons. The summed E-state index contributed by atoms with van der Waals surface area (Å²) in [5.74, 6) is 0.0796. The third kappa shape index (κ3) is 3.08. The third-order valence-electron chi connectivity index (χ3n) is 4.30. The Kier molecular flexibility index (Phi) is 4.32. The molecule has 1 atom stereocenters. The predicted molar refractivity (Wildman–Crippen MR) is 88.9 cm³/mol. The maximum absolute atomic E-state index is 12.8. The highest BCUT2D eigenvalue weighted by Gasteiger charge is 2.35. The van der Waals surface area contributed by atoms with Crippen LogP contribution in [-0.4, -0.2) is 19.3 Å². The molecule has 1 aliphatic heterocycles. The van der Waals surface area contributed by atoms with Crippen LogP contribution in [0.25, 0.3) is 0 Å². The number of benzene rings is 2. The Morgan fingerprint density at radius 3 is 2.45 bits per heavy atom. The minimum atomic E-state index is -3.29. The number of nitrogens with zero attached hydrogens (tertiary/aromatic N) is 1. The second kappa shape index (κ2) is 6.23. The quantitative estimate of drug-likeness (QED) is 0.863. The molecule has 3 rings (SSSR count). The topological polar surface area (TPSA) is 37.4 Å². The van der Waals surface area contributed by atoms with Crippen molar-refractivity contribution in [3.05, 3.63) is 71.3 Å². The van der Waals surface area contributed by atoms with Crippen molar-refractivity contribution in [2.75, 3.05) is 6.54 Å². The standard InChI is InChI=1S/C18H21NO2S/c1-15-8-5-6-11-17(15)18-12-7-13-19(18)22(20,21)14-16-9-3-2-4-10-16/h2-6,8-11,18H,7,12-14H2,1H3/t18-/m1/s1. The van der Waals surface area contributed by atoms with Crippen LogP contribution in [0.2, 0.25) is 0 Å². The second-order valence-corrected chi connectivity index (χ2v) is 7.79. The Morgan fingerprint density at radius 1 is 1.05 bits per heavy atom. The van der Waals surface area contributed by atoms with Crippen LogP contribution in [0.1, 0.15) is 35.6 Å². The van der Waals surface area contributed by atoms with Gasteiger partial charge in [-0.2, -0.15) is 4.31 Å². The van der Waals surface area contributed by atoms with Crippen LogP contribution in [0.3, 0.4) is 0 Å². The van der Waals surface area contributed by atoms with Crippen LogP contribution in [0.5, 0.6) is 0 Å². The summed E-state index contributed by atoms with van der Waals surface area (Å²) in [4.78, 5) is 0. The van der Waals surface area contributed by atoms with E-state index in [0.717, 1.165) is 29.5 Å². The van der Waals surface area contributed by atoms with Gasteiger partial charge in [-0.1, -0.05) is 54.6 Å². The molecule has 0 saturated carbocycles. The average Bonchev–Trinajstić information content (AvgIpc) is 2.98. The Balaban J connectivity index is 1.88. The molecule has 0 aliphatic carbocycles. The second-order valence-electron chi connectivity index (χ2n) is 5.87. The number of hydrogen-bond acceptors (Lipinski definition) is 2. The molecule has 0 aromatic heterocycles. The number of hydrogen-bond donors (Lipinski definition) is 0. The molecular weight excluding hydrogens is 294 g/mol. The highest BCUT2D eigenvalue weighted by atomic mass is 32.2. The first kappa shape index (κ1) is 15.3. The Hall–Kier alpha value is -1.65. The molecule has 1 heterocycles. The Labute approximate surface area is 132 Å². The molecule has 4 heteroatoms. The highest BCUT2D eigenvalue weighted by Crippen LogP contribution is 2.36. The molecule has 0 amide bonds. The van der Waals surface area contributed by atoms with Crippen LogP contribution in [0.15, 0.2) is 54.6 Å². The molecule has 1 aliphatic rings. The zero-order valence-corrected chi connectivity index (χ0v) is 13.6. The lowest BCUT2D eigenvalue weighted by Crippen LogP contribution is -2.32. The van der Waals surface area contributed by atoms with Gasteiger partial charge >= 0.3 is 0 Å². The average molecular weight is 315 g/mol. The van der Waals surface area contributed by atoms with Crippen molar-refractivity contribution >= 4 is 10.0 Å². The van der Waals surface area contributed by atoms with Crippen LogP contribution < -0.4 is 0 Å². The van der Waals surface area contributed by atoms with Gasteiger partial charge in [-0.15, -0.1) is 0 Å². The first-order chi connectivity index (χ1) is 10.6. The lowest BCUT2D eigenvalue weighted by molar-refractivity contribution is 0.395. The van der Waals surface area contributed by atoms with Gasteiger partial charge in [0.25, 0.3) is 0 Å². The lowest BCUT2D eigenvalue weighted by Gasteiger charge is -2.25. The molecule has 2 aromatic carbocycles. The molecule has 1 fully saturated rings. The maximum Gasteiger partial charge on any atom is 0.218 e. The van der Waals surface area contributed by atoms with Crippen molar-refractivity contribution in [1.29, 1.82) is 0 Å². The van der Waals surface area contributed by atoms with E-state index in [1.54, 1.807) is 4.31 Å². The fourth-order valence-electron chi connectivity index (χ4n) is 3.21. The fourth-order valence-corrected chi connectivity index (χ4v) is 5.01. The van der Waals surface area contributed by atoms with Crippen LogP contribution in [0, 0.1) is 6.92 Å². The Morgan fingerprint density at radius 2 is 1.73 bits per heavy atom. The number of rotatable bonds is 4. The van der Waals surface area contributed by atoms with Gasteiger partial charge in [0.2, 0.25) is 10.0 Å². The van der Waals surface area contributed by atoms with Crippen molar-refractivity contribution in [3.8, 4) is 0 Å². The summed E-state index contributed by atoms with van der Waals surface area (Å²) in [5, 5.41) is 0. The van der Waals surface area contributed by atoms with Crippen molar-refractivity contribution < 1.29 is 8.42 Å². The Bertz CT molecular complexity index is 741. The minimum Gasteiger partial charge on any atom is -0.212 e. The largest absolute Gasteiger partial charge is 0.218 e. The van der Waals surface area contributed by atoms with E-state index in [-0.39, 0.29) is 11.8 Å². The van der Waals surface area contributed by atoms with Gasteiger partial charge in [-0.25, -0.2) is 8.42 Å². The van der Waals surface area contributed by atoms with Crippen LogP contribution >= 0.6 is 0 Å². The highest BCUT2D eigenvalue weighted by molar-refractivity contribution is 7.88. The summed E-state index contributed by atoms with van der Waals surface area (Å²) >= 11 is 0. The smallest absolute Gasteiger partial charge is 0.212 e. The van der Waals surface area contributed by atoms with E-state index in [2.05, 4.69) is 19.1 Å². The van der Waals surface area contributed by atoms with E-state index in [4.69, 9.17) is 0 Å². The number of aryl methyl sites for hydroxylation is 1. The first-order valence-electron chi connectivity index (χ1n) is 7.67. The summed E-state index contributed by atoms with van der Waals surface area (Å²) in [7, 11) is -3.29. The molecule has 0 N–H and O–H groups in total. The van der Waals surface area contributed by atoms with Gasteiger partial charge in [0.1, 0.15) is 0 Å². The molecular formula is C18H21NO2S. The summed E-state index contributed by atoms with van der Waals surface area (Å²) in [6.45, 7) is 2.67. The molecule has 0 spiro atoms. The van der Waals surface area contributed by atoms with E-state index in [1.165, 1.54) is 0 Å². The predicted octanol–water partition coefficient (Wildman–Crippen LogP) is 3.66.